The van der Waals surface area contributed by atoms with Gasteiger partial charge >= 0.3 is 6.01 Å². The second-order valence-corrected chi connectivity index (χ2v) is 2.85. The van der Waals surface area contributed by atoms with Gasteiger partial charge in [0.05, 0.1) is 0 Å². The average molecular weight is 172 g/mol. The smallest absolute Gasteiger partial charge is 0.347 e. The van der Waals surface area contributed by atoms with Gasteiger partial charge in [-0.15, -0.1) is 0 Å². The van der Waals surface area contributed by atoms with Crippen molar-refractivity contribution in [2.45, 2.75) is 13.3 Å². The van der Waals surface area contributed by atoms with Crippen LogP contribution in [0.4, 0.5) is 0 Å². The molecule has 0 fully saturated rings. The molecule has 0 radical (unpaired) electrons. The van der Waals surface area contributed by atoms with Crippen molar-refractivity contribution in [2.75, 3.05) is 33.7 Å². The van der Waals surface area contributed by atoms with Gasteiger partial charge in [-0.3, -0.25) is 0 Å². The van der Waals surface area contributed by atoms with Gasteiger partial charge in [-0.1, -0.05) is 0 Å². The second kappa shape index (κ2) is 6.83. The van der Waals surface area contributed by atoms with E-state index in [0.717, 1.165) is 17.7 Å². The maximum atomic E-state index is 9.10. The molecule has 1 N–H and O–H groups in total. The molecule has 12 heavy (non-hydrogen) atoms. The van der Waals surface area contributed by atoms with Gasteiger partial charge < -0.3 is 10.1 Å². The molecule has 0 aliphatic rings. The summed E-state index contributed by atoms with van der Waals surface area (Å²) in [4.78, 5) is 5.86. The van der Waals surface area contributed by atoms with Gasteiger partial charge in [0.2, 0.25) is 0 Å². The van der Waals surface area contributed by atoms with Gasteiger partial charge in [0.1, 0.15) is 13.1 Å². The zero-order valence-electron chi connectivity index (χ0n) is 8.12. The first-order valence-electron chi connectivity index (χ1n) is 4.20. The highest BCUT2D eigenvalue weighted by Gasteiger charge is 1.96. The maximum Gasteiger partial charge on any atom is 0.349 e. The number of hydroxylamine groups is 1. The highest BCUT2D eigenvalue weighted by molar-refractivity contribution is 5.33. The van der Waals surface area contributed by atoms with Crippen LogP contribution < -0.4 is 0 Å². The van der Waals surface area contributed by atoms with E-state index in [1.54, 1.807) is 0 Å². The van der Waals surface area contributed by atoms with Crippen molar-refractivity contribution in [1.82, 2.24) is 4.90 Å². The van der Waals surface area contributed by atoms with Crippen LogP contribution in [0.5, 0.6) is 0 Å². The molecule has 0 heterocycles. The highest BCUT2D eigenvalue weighted by Crippen LogP contribution is 1.82. The Balaban J connectivity index is 3.57. The lowest BCUT2D eigenvalue weighted by Crippen LogP contribution is -2.17. The van der Waals surface area contributed by atoms with Crippen molar-refractivity contribution >= 4 is 6.01 Å². The van der Waals surface area contributed by atoms with E-state index in [1.807, 2.05) is 21.0 Å². The van der Waals surface area contributed by atoms with Gasteiger partial charge in [0, 0.05) is 13.0 Å². The van der Waals surface area contributed by atoms with Crippen molar-refractivity contribution in [3.05, 3.63) is 0 Å². The topological polar surface area (TPSA) is 38.8 Å². The van der Waals surface area contributed by atoms with E-state index in [2.05, 4.69) is 15.9 Å². The number of aliphatic imine (C=N–C) groups is 1. The molecule has 0 rings (SSSR count). The molecule has 0 bridgehead atoms. The number of hydrogen-bond acceptors (Lipinski definition) is 3. The Bertz CT molecular complexity index is 171. The van der Waals surface area contributed by atoms with Crippen LogP contribution in [0.1, 0.15) is 13.3 Å². The molecule has 0 saturated heterocycles. The third-order valence-corrected chi connectivity index (χ3v) is 1.32. The molecule has 0 amide bonds. The van der Waals surface area contributed by atoms with Crippen molar-refractivity contribution in [1.29, 1.82) is 0 Å². The van der Waals surface area contributed by atoms with Crippen LogP contribution in [0.25, 0.3) is 0 Å². The fourth-order valence-corrected chi connectivity index (χ4v) is 0.739. The van der Waals surface area contributed by atoms with Crippen LogP contribution in [-0.2, 0) is 0 Å². The minimum absolute atomic E-state index is 0.585. The van der Waals surface area contributed by atoms with Gasteiger partial charge in [-0.25, -0.2) is 0 Å². The fraction of sp³-hybridized carbons (Fsp3) is 0.875. The highest BCUT2D eigenvalue weighted by atomic mass is 16.5. The lowest BCUT2D eigenvalue weighted by Gasteiger charge is -2.06. The predicted octanol–water partition coefficient (Wildman–Crippen LogP) is 0.534. The predicted molar refractivity (Wildman–Crippen MR) is 48.1 cm³/mol. The first-order valence-corrected chi connectivity index (χ1v) is 4.20. The first kappa shape index (κ1) is 11.1. The lowest BCUT2D eigenvalue weighted by molar-refractivity contribution is -0.770. The Morgan fingerprint density at radius 1 is 1.50 bits per heavy atom. The third-order valence-electron chi connectivity index (χ3n) is 1.32. The van der Waals surface area contributed by atoms with E-state index in [4.69, 9.17) is 5.21 Å². The number of nitrogens with zero attached hydrogens (tertiary/aromatic N) is 3. The van der Waals surface area contributed by atoms with Crippen LogP contribution in [0.2, 0.25) is 0 Å². The Labute approximate surface area is 73.8 Å². The van der Waals surface area contributed by atoms with Gasteiger partial charge in [0.25, 0.3) is 0 Å². The Morgan fingerprint density at radius 2 is 2.17 bits per heavy atom. The number of rotatable bonds is 5. The second-order valence-electron chi connectivity index (χ2n) is 2.85. The minimum Gasteiger partial charge on any atom is -0.347 e. The number of hydrogen-bond donors (Lipinski definition) is 1. The summed E-state index contributed by atoms with van der Waals surface area (Å²) in [6, 6.07) is 2.50. The van der Waals surface area contributed by atoms with E-state index in [-0.39, 0.29) is 0 Å². The van der Waals surface area contributed by atoms with Crippen molar-refractivity contribution in [3.63, 3.8) is 0 Å². The summed E-state index contributed by atoms with van der Waals surface area (Å²) >= 11 is 0. The van der Waals surface area contributed by atoms with Crippen LogP contribution in [0, 0.1) is 0 Å². The van der Waals surface area contributed by atoms with Gasteiger partial charge in [-0.05, 0) is 30.8 Å². The summed E-state index contributed by atoms with van der Waals surface area (Å²) in [6.45, 7) is 4.11. The summed E-state index contributed by atoms with van der Waals surface area (Å²) in [7, 11) is 4.01. The molecule has 0 aromatic carbocycles. The van der Waals surface area contributed by atoms with Crippen LogP contribution in [0.3, 0.4) is 0 Å². The Morgan fingerprint density at radius 3 is 2.67 bits per heavy atom. The summed E-state index contributed by atoms with van der Waals surface area (Å²) in [6.07, 6.45) is 0.912. The molecule has 0 aromatic rings. The molecule has 4 nitrogen and oxygen atoms in total. The molecule has 0 aliphatic heterocycles. The zero-order chi connectivity index (χ0) is 9.40. The molecule has 4 heteroatoms. The van der Waals surface area contributed by atoms with Gasteiger partial charge in [-0.2, -0.15) is 0 Å². The molecule has 0 aromatic heterocycles. The fourth-order valence-electron chi connectivity index (χ4n) is 0.739. The van der Waals surface area contributed by atoms with Gasteiger partial charge in [0.15, 0.2) is 0 Å². The molecule has 70 valence electrons. The Kier molecular flexibility index (Phi) is 6.34. The van der Waals surface area contributed by atoms with Crippen LogP contribution >= 0.6 is 0 Å². The van der Waals surface area contributed by atoms with Crippen LogP contribution in [-0.4, -0.2) is 54.6 Å². The quantitative estimate of drug-likeness (QED) is 0.284. The van der Waals surface area contributed by atoms with E-state index in [0.29, 0.717) is 13.1 Å². The molecular formula is C8H18N3O+. The van der Waals surface area contributed by atoms with Crippen molar-refractivity contribution in [2.24, 2.45) is 4.99 Å². The third kappa shape index (κ3) is 7.25. The first-order chi connectivity index (χ1) is 5.66. The SMILES string of the molecule is CCN=C=[N+](O)CCCN(C)C. The summed E-state index contributed by atoms with van der Waals surface area (Å²) in [5.74, 6) is 0. The zero-order valence-corrected chi connectivity index (χ0v) is 8.12. The normalized spacial score (nSPS) is 9.67. The van der Waals surface area contributed by atoms with E-state index in [9.17, 15) is 0 Å². The average Bonchev–Trinajstić information content (AvgIpc) is 2.00. The largest absolute Gasteiger partial charge is 0.349 e. The lowest BCUT2D eigenvalue weighted by atomic mass is 10.4. The summed E-state index contributed by atoms with van der Waals surface area (Å²) in [5, 5.41) is 9.10. The minimum atomic E-state index is 0.585. The molecule has 0 saturated carbocycles. The van der Waals surface area contributed by atoms with Crippen molar-refractivity contribution < 1.29 is 9.95 Å². The van der Waals surface area contributed by atoms with E-state index in [1.165, 1.54) is 0 Å². The molecule has 0 unspecified atom stereocenters. The molecular weight excluding hydrogens is 154 g/mol. The summed E-state index contributed by atoms with van der Waals surface area (Å²) < 4.78 is 1.01. The van der Waals surface area contributed by atoms with Crippen molar-refractivity contribution in [3.8, 4) is 0 Å². The molecule has 0 atom stereocenters. The molecule has 0 aliphatic carbocycles. The van der Waals surface area contributed by atoms with Crippen LogP contribution in [0.15, 0.2) is 4.99 Å². The summed E-state index contributed by atoms with van der Waals surface area (Å²) in [5.41, 5.74) is 0. The van der Waals surface area contributed by atoms with E-state index >= 15 is 0 Å². The monoisotopic (exact) mass is 172 g/mol. The standard InChI is InChI=1S/C8H18N3O/c1-4-9-8-11(12)7-5-6-10(2)3/h12H,4-7H2,1-3H3/q+1. The maximum absolute atomic E-state index is 9.10. The molecule has 0 spiro atoms. The van der Waals surface area contributed by atoms with E-state index < -0.39 is 0 Å². The Hall–Kier alpha value is -0.860.